The minimum absolute atomic E-state index is 0.183. The van der Waals surface area contributed by atoms with Gasteiger partial charge in [-0.2, -0.15) is 0 Å². The maximum absolute atomic E-state index is 17.1. The summed E-state index contributed by atoms with van der Waals surface area (Å²) in [6.45, 7) is 2.96. The van der Waals surface area contributed by atoms with Crippen LogP contribution in [0.4, 0.5) is 4.39 Å². The molecule has 0 radical (unpaired) electrons. The third-order valence-electron chi connectivity index (χ3n) is 9.46. The number of ketones is 2. The summed E-state index contributed by atoms with van der Waals surface area (Å²) in [7, 11) is 0. The first-order chi connectivity index (χ1) is 16.7. The molecule has 10 heteroatoms. The number of carboxylic acid groups (broad SMARTS) is 1. The van der Waals surface area contributed by atoms with Crippen molar-refractivity contribution in [2.75, 3.05) is 19.8 Å². The summed E-state index contributed by atoms with van der Waals surface area (Å²) in [6.07, 6.45) is 3.81. The quantitative estimate of drug-likeness (QED) is 0.436. The maximum atomic E-state index is 17.1. The minimum Gasteiger partial charge on any atom is -0.480 e. The highest BCUT2D eigenvalue weighted by Crippen LogP contribution is 2.70. The van der Waals surface area contributed by atoms with Crippen molar-refractivity contribution in [2.45, 2.75) is 63.8 Å². The van der Waals surface area contributed by atoms with Crippen molar-refractivity contribution >= 4 is 23.5 Å². The van der Waals surface area contributed by atoms with E-state index in [4.69, 9.17) is 9.84 Å². The number of ether oxygens (including phenoxy) is 2. The Hall–Kier alpha value is -2.43. The van der Waals surface area contributed by atoms with E-state index < -0.39 is 83.5 Å². The Labute approximate surface area is 208 Å². The number of carbonyl (C=O) groups is 4. The van der Waals surface area contributed by atoms with E-state index in [1.807, 2.05) is 0 Å². The highest BCUT2D eigenvalue weighted by Gasteiger charge is 2.75. The number of hydrogen-bond donors (Lipinski definition) is 3. The second-order valence-corrected chi connectivity index (χ2v) is 11.1. The van der Waals surface area contributed by atoms with E-state index in [0.717, 1.165) is 0 Å². The predicted molar refractivity (Wildman–Crippen MR) is 122 cm³/mol. The van der Waals surface area contributed by atoms with Gasteiger partial charge in [0.25, 0.3) is 0 Å². The number of carboxylic acids is 1. The van der Waals surface area contributed by atoms with Crippen LogP contribution in [0.25, 0.3) is 0 Å². The number of alkyl halides is 1. The number of fused-ring (bicyclic) bond motifs is 5. The summed E-state index contributed by atoms with van der Waals surface area (Å²) < 4.78 is 26.7. The van der Waals surface area contributed by atoms with Crippen molar-refractivity contribution in [2.24, 2.45) is 28.6 Å². The Bertz CT molecular complexity index is 1050. The van der Waals surface area contributed by atoms with Gasteiger partial charge in [-0.1, -0.05) is 25.5 Å². The van der Waals surface area contributed by atoms with E-state index in [9.17, 15) is 29.4 Å². The molecule has 4 aliphatic carbocycles. The fourth-order valence-corrected chi connectivity index (χ4v) is 7.66. The summed E-state index contributed by atoms with van der Waals surface area (Å²) in [5.74, 6) is -4.87. The fourth-order valence-electron chi connectivity index (χ4n) is 7.66. The molecule has 4 rings (SSSR count). The zero-order valence-corrected chi connectivity index (χ0v) is 20.7. The van der Waals surface area contributed by atoms with Crippen LogP contribution in [0.2, 0.25) is 0 Å². The Morgan fingerprint density at radius 3 is 2.53 bits per heavy atom. The number of allylic oxidation sites excluding steroid dienone is 4. The van der Waals surface area contributed by atoms with Crippen molar-refractivity contribution < 1.29 is 48.4 Å². The van der Waals surface area contributed by atoms with E-state index in [0.29, 0.717) is 24.8 Å². The van der Waals surface area contributed by atoms with Gasteiger partial charge in [0.2, 0.25) is 5.78 Å². The standard InChI is InChI=1S/C26H33FO9/c1-14-8-18-17-5-4-15-9-16(28)6-7-23(15,2)25(17,27)19(29)10-24(18,3)26(14,34)20(30)11-36-22(33)13-35-12-21(31)32/h6-7,9,14,17-19,29,34H,4-5,8,10-13H2,1-3H3,(H,31,32)/t14-,17+,18+,19+,23+,24+,25+,26+/m1/s1. The van der Waals surface area contributed by atoms with Gasteiger partial charge in [-0.3, -0.25) is 9.59 Å². The van der Waals surface area contributed by atoms with Gasteiger partial charge < -0.3 is 24.8 Å². The van der Waals surface area contributed by atoms with Gasteiger partial charge in [0.15, 0.2) is 18.1 Å². The van der Waals surface area contributed by atoms with Crippen molar-refractivity contribution in [1.29, 1.82) is 0 Å². The van der Waals surface area contributed by atoms with Crippen molar-refractivity contribution in [1.82, 2.24) is 0 Å². The molecule has 0 amide bonds. The van der Waals surface area contributed by atoms with E-state index in [1.165, 1.54) is 12.2 Å². The molecule has 0 aromatic rings. The molecule has 0 saturated heterocycles. The van der Waals surface area contributed by atoms with Gasteiger partial charge in [-0.25, -0.2) is 14.0 Å². The summed E-state index contributed by atoms with van der Waals surface area (Å²) in [6, 6.07) is 0. The molecule has 3 fully saturated rings. The second-order valence-electron chi connectivity index (χ2n) is 11.1. The Kier molecular flexibility index (Phi) is 6.54. The van der Waals surface area contributed by atoms with Crippen molar-refractivity contribution in [3.63, 3.8) is 0 Å². The Morgan fingerprint density at radius 2 is 1.86 bits per heavy atom. The smallest absolute Gasteiger partial charge is 0.332 e. The lowest BCUT2D eigenvalue weighted by Gasteiger charge is -2.62. The second kappa shape index (κ2) is 8.85. The van der Waals surface area contributed by atoms with E-state index in [-0.39, 0.29) is 12.2 Å². The first kappa shape index (κ1) is 26.6. The molecule has 3 saturated carbocycles. The van der Waals surface area contributed by atoms with Crippen LogP contribution in [0.1, 0.15) is 46.5 Å². The Balaban J connectivity index is 1.58. The van der Waals surface area contributed by atoms with Crippen LogP contribution in [0, 0.1) is 28.6 Å². The van der Waals surface area contributed by atoms with Crippen LogP contribution >= 0.6 is 0 Å². The van der Waals surface area contributed by atoms with E-state index >= 15 is 4.39 Å². The summed E-state index contributed by atoms with van der Waals surface area (Å²) >= 11 is 0. The fraction of sp³-hybridized carbons (Fsp3) is 0.692. The summed E-state index contributed by atoms with van der Waals surface area (Å²) in [5, 5.41) is 31.7. The number of Topliss-reactive ketones (excluding diaryl/α,β-unsaturated/α-hetero) is 1. The molecule has 198 valence electrons. The van der Waals surface area contributed by atoms with Crippen LogP contribution in [-0.2, 0) is 28.7 Å². The number of halogens is 1. The lowest BCUT2D eigenvalue weighted by atomic mass is 9.44. The molecule has 4 aliphatic rings. The van der Waals surface area contributed by atoms with Crippen LogP contribution in [0.3, 0.4) is 0 Å². The molecule has 0 unspecified atom stereocenters. The molecular formula is C26H33FO9. The molecule has 8 atom stereocenters. The monoisotopic (exact) mass is 508 g/mol. The number of aliphatic hydroxyl groups is 2. The van der Waals surface area contributed by atoms with Gasteiger partial charge in [-0.15, -0.1) is 0 Å². The van der Waals surface area contributed by atoms with Crippen LogP contribution in [-0.4, -0.2) is 76.0 Å². The molecule has 0 heterocycles. The predicted octanol–water partition coefficient (Wildman–Crippen LogP) is 1.55. The van der Waals surface area contributed by atoms with Gasteiger partial charge in [0.1, 0.15) is 18.8 Å². The molecule has 0 bridgehead atoms. The summed E-state index contributed by atoms with van der Waals surface area (Å²) in [4.78, 5) is 47.6. The molecular weight excluding hydrogens is 475 g/mol. The molecule has 3 N–H and O–H groups in total. The highest BCUT2D eigenvalue weighted by atomic mass is 19.1. The zero-order chi connectivity index (χ0) is 26.7. The van der Waals surface area contributed by atoms with Gasteiger partial charge >= 0.3 is 11.9 Å². The topological polar surface area (TPSA) is 147 Å². The third kappa shape index (κ3) is 3.60. The molecule has 36 heavy (non-hydrogen) atoms. The number of aliphatic hydroxyl groups excluding tert-OH is 1. The third-order valence-corrected chi connectivity index (χ3v) is 9.46. The number of rotatable bonds is 7. The average Bonchev–Trinajstić information content (AvgIpc) is 3.00. The first-order valence-electron chi connectivity index (χ1n) is 12.2. The van der Waals surface area contributed by atoms with E-state index in [1.54, 1.807) is 26.8 Å². The highest BCUT2D eigenvalue weighted by molar-refractivity contribution is 6.01. The molecule has 0 spiro atoms. The van der Waals surface area contributed by atoms with E-state index in [2.05, 4.69) is 4.74 Å². The van der Waals surface area contributed by atoms with Crippen LogP contribution in [0.5, 0.6) is 0 Å². The first-order valence-corrected chi connectivity index (χ1v) is 12.2. The van der Waals surface area contributed by atoms with Crippen molar-refractivity contribution in [3.8, 4) is 0 Å². The number of aliphatic carboxylic acids is 1. The van der Waals surface area contributed by atoms with Gasteiger partial charge in [-0.05, 0) is 56.6 Å². The largest absolute Gasteiger partial charge is 0.480 e. The molecule has 9 nitrogen and oxygen atoms in total. The maximum Gasteiger partial charge on any atom is 0.332 e. The summed E-state index contributed by atoms with van der Waals surface area (Å²) in [5.41, 5.74) is -5.77. The van der Waals surface area contributed by atoms with Crippen LogP contribution < -0.4 is 0 Å². The minimum atomic E-state index is -2.08. The number of carbonyl (C=O) groups excluding carboxylic acids is 3. The average molecular weight is 509 g/mol. The normalized spacial score (nSPS) is 43.2. The molecule has 0 aromatic carbocycles. The lowest BCUT2D eigenvalue weighted by Crippen LogP contribution is -2.69. The number of hydrogen-bond acceptors (Lipinski definition) is 8. The molecule has 0 aliphatic heterocycles. The lowest BCUT2D eigenvalue weighted by molar-refractivity contribution is -0.220. The zero-order valence-electron chi connectivity index (χ0n) is 20.7. The number of esters is 1. The molecule has 0 aromatic heterocycles. The van der Waals surface area contributed by atoms with Gasteiger partial charge in [0.05, 0.1) is 6.10 Å². The van der Waals surface area contributed by atoms with Crippen LogP contribution in [0.15, 0.2) is 23.8 Å². The van der Waals surface area contributed by atoms with Gasteiger partial charge in [0, 0.05) is 16.7 Å². The SMILES string of the molecule is C[C@@H]1C[C@H]2[C@@H]3CCC4=CC(=O)C=C[C@]4(C)[C@@]3(F)[C@@H](O)C[C@]2(C)[C@@]1(O)C(=O)COC(=O)COCC(=O)O. The van der Waals surface area contributed by atoms with Crippen molar-refractivity contribution in [3.05, 3.63) is 23.8 Å². The Morgan fingerprint density at radius 1 is 1.17 bits per heavy atom.